The molecule has 0 atom stereocenters. The van der Waals surface area contributed by atoms with E-state index in [0.29, 0.717) is 32.6 Å². The number of hydrogen-bond donors (Lipinski definition) is 2. The van der Waals surface area contributed by atoms with Gasteiger partial charge in [0.05, 0.1) is 10.0 Å². The molecule has 0 amide bonds. The van der Waals surface area contributed by atoms with Gasteiger partial charge < -0.3 is 10.7 Å². The third-order valence-corrected chi connectivity index (χ3v) is 3.08. The molecule has 0 aliphatic carbocycles. The van der Waals surface area contributed by atoms with Crippen LogP contribution in [-0.4, -0.2) is 4.98 Å². The molecule has 1 aromatic carbocycles. The second kappa shape index (κ2) is 4.09. The molecule has 0 saturated heterocycles. The maximum absolute atomic E-state index is 8.98. The summed E-state index contributed by atoms with van der Waals surface area (Å²) in [5.41, 5.74) is 7.36. The molecule has 0 saturated carbocycles. The molecule has 5 heteroatoms. The number of rotatable bonds is 1. The van der Waals surface area contributed by atoms with E-state index in [4.69, 9.17) is 34.2 Å². The summed E-state index contributed by atoms with van der Waals surface area (Å²) in [5.74, 6) is 0.327. The monoisotopic (exact) mass is 251 g/mol. The van der Waals surface area contributed by atoms with Crippen LogP contribution in [0, 0.1) is 11.3 Å². The van der Waals surface area contributed by atoms with Crippen LogP contribution in [0.15, 0.2) is 24.4 Å². The maximum Gasteiger partial charge on any atom is 0.119 e. The summed E-state index contributed by atoms with van der Waals surface area (Å²) in [5, 5.41) is 9.85. The summed E-state index contributed by atoms with van der Waals surface area (Å²) in [6.45, 7) is 0. The number of halogens is 2. The van der Waals surface area contributed by atoms with Gasteiger partial charge >= 0.3 is 0 Å². The first-order valence-electron chi connectivity index (χ1n) is 4.46. The smallest absolute Gasteiger partial charge is 0.119 e. The predicted molar refractivity (Wildman–Crippen MR) is 65.4 cm³/mol. The van der Waals surface area contributed by atoms with Crippen LogP contribution in [-0.2, 0) is 0 Å². The highest BCUT2D eigenvalue weighted by molar-refractivity contribution is 6.43. The first-order valence-corrected chi connectivity index (χ1v) is 5.22. The highest BCUT2D eigenvalue weighted by Crippen LogP contribution is 2.36. The van der Waals surface area contributed by atoms with Gasteiger partial charge in [0.15, 0.2) is 0 Å². The number of H-pyrrole nitrogens is 1. The summed E-state index contributed by atoms with van der Waals surface area (Å²) in [6.07, 6.45) is 1.64. The molecule has 80 valence electrons. The average Bonchev–Trinajstić information content (AvgIpc) is 2.63. The highest BCUT2D eigenvalue weighted by Gasteiger charge is 2.14. The van der Waals surface area contributed by atoms with Crippen molar-refractivity contribution < 1.29 is 0 Å². The predicted octanol–water partition coefficient (Wildman–Crippen LogP) is 3.44. The number of nitrogens with two attached hydrogens (primary N) is 1. The zero-order valence-corrected chi connectivity index (χ0v) is 9.60. The van der Waals surface area contributed by atoms with Crippen molar-refractivity contribution in [2.75, 3.05) is 5.73 Å². The first kappa shape index (κ1) is 10.9. The number of nitrogens with one attached hydrogen (secondary N) is 1. The normalized spacial score (nSPS) is 10.1. The Bertz CT molecular complexity index is 581. The topological polar surface area (TPSA) is 65.6 Å². The first-order chi connectivity index (χ1) is 7.65. The molecule has 0 fully saturated rings. The maximum atomic E-state index is 8.98. The third-order valence-electron chi connectivity index (χ3n) is 2.26. The molecule has 3 nitrogen and oxygen atoms in total. The lowest BCUT2D eigenvalue weighted by Gasteiger charge is -2.03. The number of hydrogen-bond acceptors (Lipinski definition) is 2. The summed E-state index contributed by atoms with van der Waals surface area (Å²) in [4.78, 5) is 2.79. The largest absolute Gasteiger partial charge is 0.384 e. The van der Waals surface area contributed by atoms with E-state index in [-0.39, 0.29) is 0 Å². The number of benzene rings is 1. The second-order valence-corrected chi connectivity index (χ2v) is 3.99. The Morgan fingerprint density at radius 1 is 1.25 bits per heavy atom. The van der Waals surface area contributed by atoms with Gasteiger partial charge in [-0.2, -0.15) is 5.26 Å². The molecule has 0 radical (unpaired) electrons. The summed E-state index contributed by atoms with van der Waals surface area (Å²) in [7, 11) is 0. The van der Waals surface area contributed by atoms with Crippen LogP contribution in [0.2, 0.25) is 10.0 Å². The van der Waals surface area contributed by atoms with Crippen molar-refractivity contribution in [2.45, 2.75) is 0 Å². The number of nitrogens with zero attached hydrogens (tertiary/aromatic N) is 1. The van der Waals surface area contributed by atoms with E-state index in [1.807, 2.05) is 6.07 Å². The minimum atomic E-state index is 0.327. The van der Waals surface area contributed by atoms with E-state index in [9.17, 15) is 0 Å². The number of nitriles is 1. The van der Waals surface area contributed by atoms with Gasteiger partial charge in [0.25, 0.3) is 0 Å². The fraction of sp³-hybridized carbons (Fsp3) is 0. The van der Waals surface area contributed by atoms with Gasteiger partial charge in [0.2, 0.25) is 0 Å². The Labute approximate surface area is 102 Å². The van der Waals surface area contributed by atoms with E-state index in [2.05, 4.69) is 4.98 Å². The number of aromatic nitrogens is 1. The number of anilines is 1. The Balaban J connectivity index is 2.69. The molecular formula is C11H7Cl2N3. The molecule has 0 aliphatic heterocycles. The van der Waals surface area contributed by atoms with Gasteiger partial charge in [-0.3, -0.25) is 0 Å². The Morgan fingerprint density at radius 3 is 2.69 bits per heavy atom. The molecule has 2 rings (SSSR count). The van der Waals surface area contributed by atoms with Crippen molar-refractivity contribution in [3.05, 3.63) is 40.0 Å². The van der Waals surface area contributed by atoms with E-state index in [1.165, 1.54) is 0 Å². The Hall–Kier alpha value is -1.63. The van der Waals surface area contributed by atoms with E-state index < -0.39 is 0 Å². The molecule has 0 unspecified atom stereocenters. The van der Waals surface area contributed by atoms with Gasteiger partial charge in [-0.15, -0.1) is 0 Å². The van der Waals surface area contributed by atoms with Crippen LogP contribution >= 0.6 is 23.2 Å². The molecule has 2 aromatic rings. The molecule has 0 spiro atoms. The molecule has 3 N–H and O–H groups in total. The highest BCUT2D eigenvalue weighted by atomic mass is 35.5. The van der Waals surface area contributed by atoms with Gasteiger partial charge in [0, 0.05) is 17.3 Å². The van der Waals surface area contributed by atoms with Crippen molar-refractivity contribution in [2.24, 2.45) is 0 Å². The van der Waals surface area contributed by atoms with E-state index >= 15 is 0 Å². The standard InChI is InChI=1S/C11H7Cl2N3/c12-9-3-1-2-6(10(9)13)8-5-16-11(15)7(8)4-14/h1-3,5,16H,15H2. The van der Waals surface area contributed by atoms with Crippen LogP contribution in [0.25, 0.3) is 11.1 Å². The lowest BCUT2D eigenvalue weighted by atomic mass is 10.1. The second-order valence-electron chi connectivity index (χ2n) is 3.20. The van der Waals surface area contributed by atoms with Gasteiger partial charge in [-0.25, -0.2) is 0 Å². The minimum Gasteiger partial charge on any atom is -0.384 e. The molecule has 16 heavy (non-hydrogen) atoms. The Kier molecular flexibility index (Phi) is 2.78. The van der Waals surface area contributed by atoms with E-state index in [0.717, 1.165) is 0 Å². The minimum absolute atomic E-state index is 0.327. The Morgan fingerprint density at radius 2 is 2.00 bits per heavy atom. The summed E-state index contributed by atoms with van der Waals surface area (Å²) in [6, 6.07) is 7.28. The SMILES string of the molecule is N#Cc1c(-c2cccc(Cl)c2Cl)c[nH]c1N. The van der Waals surface area contributed by atoms with Crippen molar-refractivity contribution >= 4 is 29.0 Å². The van der Waals surface area contributed by atoms with Crippen molar-refractivity contribution in [3.63, 3.8) is 0 Å². The lowest BCUT2D eigenvalue weighted by Crippen LogP contribution is -1.88. The zero-order chi connectivity index (χ0) is 11.7. The lowest BCUT2D eigenvalue weighted by molar-refractivity contribution is 1.40. The fourth-order valence-electron chi connectivity index (χ4n) is 1.48. The van der Waals surface area contributed by atoms with Gasteiger partial charge in [-0.1, -0.05) is 35.3 Å². The molecule has 1 aromatic heterocycles. The molecule has 0 aliphatic rings. The van der Waals surface area contributed by atoms with Crippen LogP contribution in [0.5, 0.6) is 0 Å². The number of aromatic amines is 1. The summed E-state index contributed by atoms with van der Waals surface area (Å²) < 4.78 is 0. The quantitative estimate of drug-likeness (QED) is 0.816. The van der Waals surface area contributed by atoms with Crippen molar-refractivity contribution in [1.29, 1.82) is 5.26 Å². The fourth-order valence-corrected chi connectivity index (χ4v) is 1.89. The molecule has 0 bridgehead atoms. The van der Waals surface area contributed by atoms with Crippen LogP contribution < -0.4 is 5.73 Å². The number of nitrogen functional groups attached to an aromatic ring is 1. The van der Waals surface area contributed by atoms with Crippen LogP contribution in [0.3, 0.4) is 0 Å². The van der Waals surface area contributed by atoms with Crippen molar-refractivity contribution in [3.8, 4) is 17.2 Å². The molecular weight excluding hydrogens is 245 g/mol. The van der Waals surface area contributed by atoms with Crippen molar-refractivity contribution in [1.82, 2.24) is 4.98 Å². The molecule has 1 heterocycles. The summed E-state index contributed by atoms with van der Waals surface area (Å²) >= 11 is 12.0. The van der Waals surface area contributed by atoms with Crippen LogP contribution in [0.4, 0.5) is 5.82 Å². The van der Waals surface area contributed by atoms with Gasteiger partial charge in [-0.05, 0) is 6.07 Å². The third kappa shape index (κ3) is 1.63. The van der Waals surface area contributed by atoms with Gasteiger partial charge in [0.1, 0.15) is 17.5 Å². The average molecular weight is 252 g/mol. The zero-order valence-electron chi connectivity index (χ0n) is 8.09. The van der Waals surface area contributed by atoms with Crippen LogP contribution in [0.1, 0.15) is 5.56 Å². The van der Waals surface area contributed by atoms with E-state index in [1.54, 1.807) is 24.4 Å².